The molecule has 0 radical (unpaired) electrons. The van der Waals surface area contributed by atoms with Crippen LogP contribution in [0.5, 0.6) is 0 Å². The highest BCUT2D eigenvalue weighted by Crippen LogP contribution is 2.39. The number of aryl methyl sites for hydroxylation is 1. The van der Waals surface area contributed by atoms with E-state index in [0.29, 0.717) is 10.9 Å². The van der Waals surface area contributed by atoms with E-state index in [9.17, 15) is 5.26 Å². The molecule has 0 aromatic carbocycles. The van der Waals surface area contributed by atoms with Crippen LogP contribution in [0.2, 0.25) is 0 Å². The van der Waals surface area contributed by atoms with E-state index in [1.807, 2.05) is 25.3 Å². The van der Waals surface area contributed by atoms with Gasteiger partial charge in [0.2, 0.25) is 0 Å². The molecule has 3 rings (SSSR count). The molecule has 1 atom stereocenters. The fourth-order valence-electron chi connectivity index (χ4n) is 2.21. The number of nitrogens with zero attached hydrogens (tertiary/aromatic N) is 5. The number of halogens is 1. The molecule has 2 aromatic rings. The molecule has 6 heteroatoms. The van der Waals surface area contributed by atoms with Crippen molar-refractivity contribution in [3.8, 4) is 6.19 Å². The molecule has 5 nitrogen and oxygen atoms in total. The summed E-state index contributed by atoms with van der Waals surface area (Å²) >= 11 is 6.29. The molecule has 0 saturated carbocycles. The number of hydrogen-bond acceptors (Lipinski definition) is 4. The fourth-order valence-corrected chi connectivity index (χ4v) is 2.48. The first-order valence-electron chi connectivity index (χ1n) is 5.72. The lowest BCUT2D eigenvalue weighted by atomic mass is 10.0. The molecule has 1 aliphatic heterocycles. The summed E-state index contributed by atoms with van der Waals surface area (Å²) in [5, 5.41) is 14.1. The number of fused-ring (bicyclic) bond motifs is 1. The van der Waals surface area contributed by atoms with Crippen LogP contribution in [0.15, 0.2) is 36.7 Å². The molecule has 1 unspecified atom stereocenters. The van der Waals surface area contributed by atoms with Gasteiger partial charge in [0.25, 0.3) is 0 Å². The quantitative estimate of drug-likeness (QED) is 0.748. The maximum absolute atomic E-state index is 9.42. The number of aromatic nitrogens is 3. The molecule has 19 heavy (non-hydrogen) atoms. The second-order valence-electron chi connectivity index (χ2n) is 4.18. The highest BCUT2D eigenvalue weighted by molar-refractivity contribution is 6.49. The van der Waals surface area contributed by atoms with Gasteiger partial charge in [-0.1, -0.05) is 11.6 Å². The van der Waals surface area contributed by atoms with Crippen LogP contribution in [-0.2, 0) is 7.05 Å². The molecular formula is C13H10ClN5. The maximum Gasteiger partial charge on any atom is 0.186 e. The fraction of sp³-hybridized carbons (Fsp3) is 0.154. The van der Waals surface area contributed by atoms with Gasteiger partial charge in [-0.3, -0.25) is 4.68 Å². The molecular weight excluding hydrogens is 262 g/mol. The number of rotatable bonds is 1. The topological polar surface area (TPSA) is 57.7 Å². The number of anilines is 1. The predicted octanol–water partition coefficient (Wildman–Crippen LogP) is 2.44. The molecule has 0 aliphatic carbocycles. The van der Waals surface area contributed by atoms with Crippen molar-refractivity contribution in [2.75, 3.05) is 4.90 Å². The van der Waals surface area contributed by atoms with Crippen LogP contribution < -0.4 is 4.90 Å². The van der Waals surface area contributed by atoms with Crippen LogP contribution in [0.25, 0.3) is 5.03 Å². The zero-order valence-corrected chi connectivity index (χ0v) is 10.9. The number of nitriles is 1. The second-order valence-corrected chi connectivity index (χ2v) is 4.59. The van der Waals surface area contributed by atoms with Crippen LogP contribution in [0.1, 0.15) is 17.3 Å². The largest absolute Gasteiger partial charge is 0.270 e. The van der Waals surface area contributed by atoms with Crippen LogP contribution in [0.3, 0.4) is 0 Å². The highest BCUT2D eigenvalue weighted by atomic mass is 35.5. The van der Waals surface area contributed by atoms with E-state index in [4.69, 9.17) is 11.6 Å². The summed E-state index contributed by atoms with van der Waals surface area (Å²) in [6, 6.07) is 5.23. The predicted molar refractivity (Wildman–Crippen MR) is 72.1 cm³/mol. The third-order valence-electron chi connectivity index (χ3n) is 3.12. The van der Waals surface area contributed by atoms with Gasteiger partial charge in [0, 0.05) is 25.0 Å². The highest BCUT2D eigenvalue weighted by Gasteiger charge is 2.29. The Morgan fingerprint density at radius 2 is 2.21 bits per heavy atom. The molecule has 0 saturated heterocycles. The Labute approximate surface area is 115 Å². The summed E-state index contributed by atoms with van der Waals surface area (Å²) < 4.78 is 1.73. The summed E-state index contributed by atoms with van der Waals surface area (Å²) in [5.41, 5.74) is 1.65. The molecule has 2 aromatic heterocycles. The van der Waals surface area contributed by atoms with Crippen molar-refractivity contribution in [3.63, 3.8) is 0 Å². The van der Waals surface area contributed by atoms with Gasteiger partial charge >= 0.3 is 0 Å². The van der Waals surface area contributed by atoms with E-state index in [-0.39, 0.29) is 6.04 Å². The zero-order valence-electron chi connectivity index (χ0n) is 10.2. The molecule has 1 aliphatic rings. The van der Waals surface area contributed by atoms with Crippen LogP contribution >= 0.6 is 11.6 Å². The minimum atomic E-state index is -0.285. The minimum absolute atomic E-state index is 0.285. The third-order valence-corrected chi connectivity index (χ3v) is 3.45. The average molecular weight is 272 g/mol. The first-order valence-corrected chi connectivity index (χ1v) is 6.09. The van der Waals surface area contributed by atoms with Gasteiger partial charge in [-0.05, 0) is 24.3 Å². The summed E-state index contributed by atoms with van der Waals surface area (Å²) in [6.07, 6.45) is 7.36. The Morgan fingerprint density at radius 1 is 1.37 bits per heavy atom. The molecule has 0 fully saturated rings. The van der Waals surface area contributed by atoms with Gasteiger partial charge in [-0.15, -0.1) is 0 Å². The third kappa shape index (κ3) is 1.77. The zero-order chi connectivity index (χ0) is 13.4. The van der Waals surface area contributed by atoms with Crippen LogP contribution in [0, 0.1) is 11.5 Å². The Kier molecular flexibility index (Phi) is 2.73. The van der Waals surface area contributed by atoms with E-state index in [0.717, 1.165) is 11.3 Å². The molecule has 0 N–H and O–H groups in total. The lowest BCUT2D eigenvalue weighted by Crippen LogP contribution is -2.28. The van der Waals surface area contributed by atoms with Crippen LogP contribution in [0.4, 0.5) is 5.82 Å². The van der Waals surface area contributed by atoms with E-state index in [1.54, 1.807) is 23.1 Å². The smallest absolute Gasteiger partial charge is 0.186 e. The first kappa shape index (κ1) is 11.8. The summed E-state index contributed by atoms with van der Waals surface area (Å²) in [6.45, 7) is 0. The van der Waals surface area contributed by atoms with Crippen molar-refractivity contribution in [2.45, 2.75) is 6.04 Å². The lowest BCUT2D eigenvalue weighted by Gasteiger charge is -2.29. The Balaban J connectivity index is 2.17. The Hall–Kier alpha value is -2.32. The molecule has 94 valence electrons. The normalized spacial score (nSPS) is 17.6. The van der Waals surface area contributed by atoms with Crippen LogP contribution in [-0.4, -0.2) is 14.8 Å². The van der Waals surface area contributed by atoms with Gasteiger partial charge in [-0.25, -0.2) is 9.88 Å². The lowest BCUT2D eigenvalue weighted by molar-refractivity contribution is 0.668. The van der Waals surface area contributed by atoms with Gasteiger partial charge < -0.3 is 0 Å². The van der Waals surface area contributed by atoms with Crippen molar-refractivity contribution in [3.05, 3.63) is 47.9 Å². The Morgan fingerprint density at radius 3 is 2.89 bits per heavy atom. The van der Waals surface area contributed by atoms with Gasteiger partial charge in [-0.2, -0.15) is 10.4 Å². The van der Waals surface area contributed by atoms with Gasteiger partial charge in [0.05, 0.1) is 10.7 Å². The summed E-state index contributed by atoms with van der Waals surface area (Å²) in [4.78, 5) is 5.80. The minimum Gasteiger partial charge on any atom is -0.270 e. The van der Waals surface area contributed by atoms with Gasteiger partial charge in [0.1, 0.15) is 6.04 Å². The van der Waals surface area contributed by atoms with E-state index in [2.05, 4.69) is 16.3 Å². The molecule has 0 amide bonds. The van der Waals surface area contributed by atoms with E-state index < -0.39 is 0 Å². The monoisotopic (exact) mass is 271 g/mol. The second kappa shape index (κ2) is 4.41. The number of hydrogen-bond donors (Lipinski definition) is 0. The molecule has 0 bridgehead atoms. The van der Waals surface area contributed by atoms with E-state index in [1.165, 1.54) is 4.90 Å². The molecule has 0 spiro atoms. The summed E-state index contributed by atoms with van der Waals surface area (Å²) in [5.74, 6) is 0.573. The summed E-state index contributed by atoms with van der Waals surface area (Å²) in [7, 11) is 1.83. The number of pyridine rings is 1. The average Bonchev–Trinajstić information content (AvgIpc) is 2.85. The van der Waals surface area contributed by atoms with Crippen molar-refractivity contribution in [1.82, 2.24) is 14.8 Å². The SMILES string of the molecule is Cn1nccc1C1C=C(Cl)c2cccnc2N1C#N. The van der Waals surface area contributed by atoms with Crippen molar-refractivity contribution >= 4 is 22.5 Å². The standard InChI is InChI=1S/C13H10ClN5/c1-18-11(4-6-17-18)12-7-10(14)9-3-2-5-16-13(9)19(12)8-15/h2-7,12H,1H3. The maximum atomic E-state index is 9.42. The van der Waals surface area contributed by atoms with E-state index >= 15 is 0 Å². The first-order chi connectivity index (χ1) is 9.22. The van der Waals surface area contributed by atoms with Crippen molar-refractivity contribution in [1.29, 1.82) is 5.26 Å². The van der Waals surface area contributed by atoms with Crippen molar-refractivity contribution in [2.24, 2.45) is 7.05 Å². The Bertz CT molecular complexity index is 697. The van der Waals surface area contributed by atoms with Gasteiger partial charge in [0.15, 0.2) is 12.0 Å². The molecule has 3 heterocycles. The van der Waals surface area contributed by atoms with Crippen molar-refractivity contribution < 1.29 is 0 Å².